The van der Waals surface area contributed by atoms with E-state index in [1.807, 2.05) is 0 Å². The molecule has 0 heterocycles. The van der Waals surface area contributed by atoms with Gasteiger partial charge in [0.25, 0.3) is 0 Å². The van der Waals surface area contributed by atoms with Crippen LogP contribution in [0, 0.1) is 7.43 Å². The largest absolute Gasteiger partial charge is 0.326 e. The van der Waals surface area contributed by atoms with Crippen molar-refractivity contribution in [2.75, 3.05) is 26.7 Å². The van der Waals surface area contributed by atoms with Crippen LogP contribution >= 0.6 is 0 Å². The first-order chi connectivity index (χ1) is 6.68. The number of hydrogen-bond acceptors (Lipinski definition) is 0. The van der Waals surface area contributed by atoms with Gasteiger partial charge in [0, 0.05) is 0 Å². The number of nitrogens with zero attached hydrogens (tertiary/aromatic N) is 1. The molecule has 0 aliphatic heterocycles. The molecule has 1 radical (unpaired) electrons. The molecule has 0 aromatic rings. The summed E-state index contributed by atoms with van der Waals surface area (Å²) in [5.41, 5.74) is 0. The van der Waals surface area contributed by atoms with E-state index in [-0.39, 0.29) is 7.43 Å². The number of hydrogen-bond donors (Lipinski definition) is 0. The third-order valence-corrected chi connectivity index (χ3v) is 3.15. The smallest absolute Gasteiger partial charge is 0.0784 e. The zero-order valence-corrected chi connectivity index (χ0v) is 11.8. The van der Waals surface area contributed by atoms with E-state index in [1.54, 1.807) is 0 Å². The van der Waals surface area contributed by atoms with Crippen molar-refractivity contribution in [1.82, 2.24) is 0 Å². The molecule has 0 unspecified atom stereocenters. The Balaban J connectivity index is 0. The third kappa shape index (κ3) is 8.92. The van der Waals surface area contributed by atoms with Gasteiger partial charge in [-0.3, -0.25) is 0 Å². The highest BCUT2D eigenvalue weighted by atomic mass is 15.3. The predicted molar refractivity (Wildman–Crippen MR) is 71.9 cm³/mol. The van der Waals surface area contributed by atoms with Gasteiger partial charge in [0.05, 0.1) is 26.7 Å². The Hall–Kier alpha value is -0.0400. The van der Waals surface area contributed by atoms with Gasteiger partial charge < -0.3 is 4.48 Å². The van der Waals surface area contributed by atoms with Crippen molar-refractivity contribution in [3.63, 3.8) is 0 Å². The van der Waals surface area contributed by atoms with Gasteiger partial charge in [-0.25, -0.2) is 0 Å². The maximum absolute atomic E-state index is 2.45. The second-order valence-corrected chi connectivity index (χ2v) is 4.85. The maximum atomic E-state index is 2.45. The summed E-state index contributed by atoms with van der Waals surface area (Å²) < 4.78 is 1.32. The van der Waals surface area contributed by atoms with E-state index in [0.29, 0.717) is 0 Å². The normalized spacial score (nSPS) is 11.2. The van der Waals surface area contributed by atoms with Crippen molar-refractivity contribution in [3.05, 3.63) is 7.43 Å². The first-order valence-electron chi connectivity index (χ1n) is 6.52. The summed E-state index contributed by atoms with van der Waals surface area (Å²) in [6, 6.07) is 0. The molecular weight excluding hydrogens is 182 g/mol. The molecule has 1 nitrogen and oxygen atoms in total. The molecule has 0 saturated carbocycles. The predicted octanol–water partition coefficient (Wildman–Crippen LogP) is 4.28. The van der Waals surface area contributed by atoms with Crippen molar-refractivity contribution in [3.8, 4) is 0 Å². The standard InChI is InChI=1S/C13H30N.CH3/c1-5-8-11-14(4,12-9-6-2)13-10-7-3;/h5-13H2,1-4H3;1H3/q+1;. The van der Waals surface area contributed by atoms with E-state index in [1.165, 1.54) is 62.6 Å². The van der Waals surface area contributed by atoms with Gasteiger partial charge in [-0.05, 0) is 19.3 Å². The second-order valence-electron chi connectivity index (χ2n) is 4.85. The SMILES string of the molecule is CCCC[N+](C)(CCCC)CCCC.[CH3]. The first kappa shape index (κ1) is 17.4. The van der Waals surface area contributed by atoms with Gasteiger partial charge >= 0.3 is 0 Å². The van der Waals surface area contributed by atoms with Crippen LogP contribution in [0.2, 0.25) is 0 Å². The Morgan fingerprint density at radius 1 is 0.667 bits per heavy atom. The lowest BCUT2D eigenvalue weighted by Crippen LogP contribution is -2.46. The molecule has 0 atom stereocenters. The van der Waals surface area contributed by atoms with E-state index < -0.39 is 0 Å². The lowest BCUT2D eigenvalue weighted by Gasteiger charge is -2.34. The van der Waals surface area contributed by atoms with Crippen LogP contribution in [0.25, 0.3) is 0 Å². The summed E-state index contributed by atoms with van der Waals surface area (Å²) in [7, 11) is 2.45. The minimum Gasteiger partial charge on any atom is -0.326 e. The summed E-state index contributed by atoms with van der Waals surface area (Å²) in [5, 5.41) is 0. The molecule has 0 rings (SSSR count). The Kier molecular flexibility index (Phi) is 12.1. The van der Waals surface area contributed by atoms with E-state index in [2.05, 4.69) is 27.8 Å². The van der Waals surface area contributed by atoms with Crippen molar-refractivity contribution in [2.45, 2.75) is 59.3 Å². The Bertz CT molecular complexity index is 98.7. The molecule has 0 saturated heterocycles. The minimum atomic E-state index is 0. The molecule has 93 valence electrons. The zero-order chi connectivity index (χ0) is 10.9. The van der Waals surface area contributed by atoms with Crippen LogP contribution < -0.4 is 0 Å². The summed E-state index contributed by atoms with van der Waals surface area (Å²) >= 11 is 0. The number of quaternary nitrogens is 1. The summed E-state index contributed by atoms with van der Waals surface area (Å²) in [5.74, 6) is 0. The number of unbranched alkanes of at least 4 members (excludes halogenated alkanes) is 3. The Morgan fingerprint density at radius 3 is 1.13 bits per heavy atom. The fourth-order valence-electron chi connectivity index (χ4n) is 1.95. The Labute approximate surface area is 98.5 Å². The topological polar surface area (TPSA) is 0 Å². The minimum absolute atomic E-state index is 0. The molecule has 0 bridgehead atoms. The molecule has 0 aromatic carbocycles. The van der Waals surface area contributed by atoms with Crippen LogP contribution in [0.5, 0.6) is 0 Å². The quantitative estimate of drug-likeness (QED) is 0.504. The lowest BCUT2D eigenvalue weighted by atomic mass is 10.2. The molecule has 0 fully saturated rings. The molecule has 0 spiro atoms. The molecule has 0 aromatic heterocycles. The van der Waals surface area contributed by atoms with Crippen LogP contribution in [0.4, 0.5) is 0 Å². The highest BCUT2D eigenvalue weighted by Crippen LogP contribution is 2.10. The highest BCUT2D eigenvalue weighted by molar-refractivity contribution is 4.43. The van der Waals surface area contributed by atoms with E-state index in [4.69, 9.17) is 0 Å². The molecule has 0 amide bonds. The molecule has 1 heteroatoms. The van der Waals surface area contributed by atoms with E-state index in [0.717, 1.165) is 0 Å². The van der Waals surface area contributed by atoms with Gasteiger partial charge in [0.1, 0.15) is 0 Å². The molecule has 0 aliphatic rings. The lowest BCUT2D eigenvalue weighted by molar-refractivity contribution is -0.910. The average molecular weight is 215 g/mol. The van der Waals surface area contributed by atoms with Crippen LogP contribution in [-0.2, 0) is 0 Å². The average Bonchev–Trinajstić information content (AvgIpc) is 2.21. The van der Waals surface area contributed by atoms with Crippen LogP contribution in [0.15, 0.2) is 0 Å². The van der Waals surface area contributed by atoms with Crippen LogP contribution in [-0.4, -0.2) is 31.2 Å². The van der Waals surface area contributed by atoms with Crippen molar-refractivity contribution in [1.29, 1.82) is 0 Å². The third-order valence-electron chi connectivity index (χ3n) is 3.15. The van der Waals surface area contributed by atoms with Crippen LogP contribution in [0.1, 0.15) is 59.3 Å². The second kappa shape index (κ2) is 10.5. The highest BCUT2D eigenvalue weighted by Gasteiger charge is 2.18. The molecular formula is C14H33N+. The van der Waals surface area contributed by atoms with Gasteiger partial charge in [-0.2, -0.15) is 0 Å². The zero-order valence-electron chi connectivity index (χ0n) is 11.8. The van der Waals surface area contributed by atoms with Crippen molar-refractivity contribution in [2.24, 2.45) is 0 Å². The molecule has 15 heavy (non-hydrogen) atoms. The summed E-state index contributed by atoms with van der Waals surface area (Å²) in [4.78, 5) is 0. The van der Waals surface area contributed by atoms with Crippen molar-refractivity contribution >= 4 is 0 Å². The van der Waals surface area contributed by atoms with Gasteiger partial charge in [0.2, 0.25) is 0 Å². The molecule has 0 N–H and O–H groups in total. The monoisotopic (exact) mass is 215 g/mol. The fourth-order valence-corrected chi connectivity index (χ4v) is 1.95. The van der Waals surface area contributed by atoms with Crippen molar-refractivity contribution < 1.29 is 4.48 Å². The number of rotatable bonds is 9. The Morgan fingerprint density at radius 2 is 0.933 bits per heavy atom. The van der Waals surface area contributed by atoms with Gasteiger partial charge in [-0.15, -0.1) is 0 Å². The van der Waals surface area contributed by atoms with E-state index in [9.17, 15) is 0 Å². The summed E-state index contributed by atoms with van der Waals surface area (Å²) in [6.07, 6.45) is 8.20. The van der Waals surface area contributed by atoms with Gasteiger partial charge in [0.15, 0.2) is 0 Å². The maximum Gasteiger partial charge on any atom is 0.0784 e. The molecule has 0 aliphatic carbocycles. The summed E-state index contributed by atoms with van der Waals surface area (Å²) in [6.45, 7) is 11.0. The fraction of sp³-hybridized carbons (Fsp3) is 0.929. The van der Waals surface area contributed by atoms with E-state index >= 15 is 0 Å². The first-order valence-corrected chi connectivity index (χ1v) is 6.52. The van der Waals surface area contributed by atoms with Crippen LogP contribution in [0.3, 0.4) is 0 Å². The van der Waals surface area contributed by atoms with Gasteiger partial charge in [-0.1, -0.05) is 47.5 Å².